The topological polar surface area (TPSA) is 26.3 Å². The van der Waals surface area contributed by atoms with Crippen LogP contribution in [0, 0.1) is 12.7 Å². The molecule has 0 aliphatic rings. The van der Waals surface area contributed by atoms with Gasteiger partial charge in [0.1, 0.15) is 11.6 Å². The van der Waals surface area contributed by atoms with Gasteiger partial charge in [0.15, 0.2) is 12.4 Å². The molecule has 0 heterocycles. The summed E-state index contributed by atoms with van der Waals surface area (Å²) in [7, 11) is 0. The number of ketones is 1. The molecule has 0 atom stereocenters. The Morgan fingerprint density at radius 1 is 1.21 bits per heavy atom. The highest BCUT2D eigenvalue weighted by atomic mass is 79.9. The maximum atomic E-state index is 13.3. The molecule has 0 saturated heterocycles. The van der Waals surface area contributed by atoms with Crippen LogP contribution in [-0.2, 0) is 0 Å². The molecular weight excluding hydrogens is 311 g/mol. The summed E-state index contributed by atoms with van der Waals surface area (Å²) in [5.41, 5.74) is 1.11. The second-order valence-electron chi connectivity index (χ2n) is 4.13. The van der Waals surface area contributed by atoms with Crippen molar-refractivity contribution >= 4 is 21.7 Å². The predicted molar refractivity (Wildman–Crippen MR) is 75.1 cm³/mol. The highest BCUT2D eigenvalue weighted by molar-refractivity contribution is 9.10. The third-order valence-electron chi connectivity index (χ3n) is 2.68. The summed E-state index contributed by atoms with van der Waals surface area (Å²) in [6.07, 6.45) is 0. The molecule has 0 aromatic heterocycles. The fourth-order valence-corrected chi connectivity index (χ4v) is 1.80. The summed E-state index contributed by atoms with van der Waals surface area (Å²) in [5.74, 6) is -0.129. The van der Waals surface area contributed by atoms with E-state index in [4.69, 9.17) is 4.74 Å². The molecule has 2 nitrogen and oxygen atoms in total. The summed E-state index contributed by atoms with van der Waals surface area (Å²) in [6, 6.07) is 11.6. The van der Waals surface area contributed by atoms with E-state index in [1.165, 1.54) is 6.07 Å². The highest BCUT2D eigenvalue weighted by Gasteiger charge is 2.07. The Bertz CT molecular complexity index is 594. The Balaban J connectivity index is 2.00. The van der Waals surface area contributed by atoms with E-state index in [2.05, 4.69) is 15.9 Å². The second kappa shape index (κ2) is 5.97. The lowest BCUT2D eigenvalue weighted by atomic mass is 10.1. The summed E-state index contributed by atoms with van der Waals surface area (Å²) in [6.45, 7) is 1.57. The minimum Gasteiger partial charge on any atom is -0.485 e. The van der Waals surface area contributed by atoms with E-state index >= 15 is 0 Å². The quantitative estimate of drug-likeness (QED) is 0.790. The lowest BCUT2D eigenvalue weighted by Gasteiger charge is -2.06. The number of hydrogen-bond acceptors (Lipinski definition) is 2. The van der Waals surface area contributed by atoms with Gasteiger partial charge in [-0.15, -0.1) is 0 Å². The zero-order valence-electron chi connectivity index (χ0n) is 10.3. The van der Waals surface area contributed by atoms with Gasteiger partial charge in [-0.05, 0) is 30.7 Å². The van der Waals surface area contributed by atoms with Crippen LogP contribution in [0.1, 0.15) is 15.9 Å². The van der Waals surface area contributed by atoms with Crippen molar-refractivity contribution in [2.45, 2.75) is 6.92 Å². The summed E-state index contributed by atoms with van der Waals surface area (Å²) in [4.78, 5) is 11.8. The van der Waals surface area contributed by atoms with Crippen molar-refractivity contribution in [2.24, 2.45) is 0 Å². The molecule has 98 valence electrons. The van der Waals surface area contributed by atoms with Crippen LogP contribution in [0.2, 0.25) is 0 Å². The largest absolute Gasteiger partial charge is 0.485 e. The molecular formula is C15H12BrFO2. The van der Waals surface area contributed by atoms with E-state index in [1.54, 1.807) is 43.3 Å². The second-order valence-corrected chi connectivity index (χ2v) is 5.05. The van der Waals surface area contributed by atoms with Gasteiger partial charge in [-0.25, -0.2) is 4.39 Å². The first-order valence-electron chi connectivity index (χ1n) is 5.74. The van der Waals surface area contributed by atoms with Crippen molar-refractivity contribution in [3.05, 3.63) is 63.9 Å². The molecule has 0 amide bonds. The van der Waals surface area contributed by atoms with E-state index in [0.29, 0.717) is 16.9 Å². The maximum Gasteiger partial charge on any atom is 0.200 e. The lowest BCUT2D eigenvalue weighted by molar-refractivity contribution is 0.0921. The molecule has 0 fully saturated rings. The zero-order chi connectivity index (χ0) is 13.8. The average molecular weight is 323 g/mol. The van der Waals surface area contributed by atoms with Gasteiger partial charge in [-0.2, -0.15) is 0 Å². The third kappa shape index (κ3) is 3.64. The van der Waals surface area contributed by atoms with Gasteiger partial charge in [0, 0.05) is 16.1 Å². The molecule has 0 saturated carbocycles. The molecule has 2 aromatic carbocycles. The Morgan fingerprint density at radius 2 is 1.89 bits per heavy atom. The molecule has 0 unspecified atom stereocenters. The van der Waals surface area contributed by atoms with Crippen molar-refractivity contribution in [1.29, 1.82) is 0 Å². The summed E-state index contributed by atoms with van der Waals surface area (Å²) >= 11 is 3.30. The van der Waals surface area contributed by atoms with E-state index in [9.17, 15) is 9.18 Å². The number of carbonyl (C=O) groups is 1. The Morgan fingerprint density at radius 3 is 2.53 bits per heavy atom. The van der Waals surface area contributed by atoms with Crippen molar-refractivity contribution in [2.75, 3.05) is 6.61 Å². The van der Waals surface area contributed by atoms with Crippen molar-refractivity contribution in [1.82, 2.24) is 0 Å². The number of halogens is 2. The first-order valence-corrected chi connectivity index (χ1v) is 6.53. The SMILES string of the molecule is Cc1ccc(OCC(=O)c2ccc(Br)cc2)cc1F. The number of hydrogen-bond donors (Lipinski definition) is 0. The van der Waals surface area contributed by atoms with Gasteiger partial charge < -0.3 is 4.74 Å². The minimum absolute atomic E-state index is 0.107. The standard InChI is InChI=1S/C15H12BrFO2/c1-10-2-7-13(8-14(10)17)19-9-15(18)11-3-5-12(16)6-4-11/h2-8H,9H2,1H3. The van der Waals surface area contributed by atoms with Gasteiger partial charge in [0.25, 0.3) is 0 Å². The fraction of sp³-hybridized carbons (Fsp3) is 0.133. The zero-order valence-corrected chi connectivity index (χ0v) is 11.9. The molecule has 4 heteroatoms. The van der Waals surface area contributed by atoms with Gasteiger partial charge >= 0.3 is 0 Å². The van der Waals surface area contributed by atoms with Gasteiger partial charge in [0.05, 0.1) is 0 Å². The Hall–Kier alpha value is -1.68. The van der Waals surface area contributed by atoms with E-state index < -0.39 is 0 Å². The van der Waals surface area contributed by atoms with Crippen LogP contribution in [0.25, 0.3) is 0 Å². The van der Waals surface area contributed by atoms with Gasteiger partial charge in [-0.1, -0.05) is 34.1 Å². The third-order valence-corrected chi connectivity index (χ3v) is 3.21. The molecule has 0 aliphatic carbocycles. The normalized spacial score (nSPS) is 10.3. The lowest BCUT2D eigenvalue weighted by Crippen LogP contribution is -2.11. The van der Waals surface area contributed by atoms with Crippen LogP contribution >= 0.6 is 15.9 Å². The number of Topliss-reactive ketones (excluding diaryl/α,β-unsaturated/α-hetero) is 1. The van der Waals surface area contributed by atoms with Gasteiger partial charge in [0.2, 0.25) is 0 Å². The predicted octanol–water partition coefficient (Wildman–Crippen LogP) is 4.16. The Kier molecular flexibility index (Phi) is 4.32. The number of carbonyl (C=O) groups excluding carboxylic acids is 1. The van der Waals surface area contributed by atoms with Crippen LogP contribution in [0.4, 0.5) is 4.39 Å². The van der Waals surface area contributed by atoms with Crippen LogP contribution in [0.5, 0.6) is 5.75 Å². The van der Waals surface area contributed by atoms with Crippen LogP contribution in [-0.4, -0.2) is 12.4 Å². The van der Waals surface area contributed by atoms with Crippen LogP contribution < -0.4 is 4.74 Å². The minimum atomic E-state index is -0.339. The van der Waals surface area contributed by atoms with Crippen molar-refractivity contribution < 1.29 is 13.9 Å². The van der Waals surface area contributed by atoms with Gasteiger partial charge in [-0.3, -0.25) is 4.79 Å². The number of benzene rings is 2. The molecule has 0 radical (unpaired) electrons. The first kappa shape index (κ1) is 13.7. The molecule has 0 bridgehead atoms. The summed E-state index contributed by atoms with van der Waals surface area (Å²) < 4.78 is 19.5. The molecule has 2 rings (SSSR count). The number of ether oxygens (including phenoxy) is 1. The van der Waals surface area contributed by atoms with Crippen molar-refractivity contribution in [3.63, 3.8) is 0 Å². The highest BCUT2D eigenvalue weighted by Crippen LogP contribution is 2.16. The fourth-order valence-electron chi connectivity index (χ4n) is 1.53. The monoisotopic (exact) mass is 322 g/mol. The van der Waals surface area contributed by atoms with Crippen LogP contribution in [0.3, 0.4) is 0 Å². The average Bonchev–Trinajstić information content (AvgIpc) is 2.40. The molecule has 0 aliphatic heterocycles. The number of aryl methyl sites for hydroxylation is 1. The van der Waals surface area contributed by atoms with Crippen molar-refractivity contribution in [3.8, 4) is 5.75 Å². The maximum absolute atomic E-state index is 13.3. The Labute approximate surface area is 119 Å². The first-order chi connectivity index (χ1) is 9.06. The van der Waals surface area contributed by atoms with E-state index in [-0.39, 0.29) is 18.2 Å². The van der Waals surface area contributed by atoms with E-state index in [0.717, 1.165) is 4.47 Å². The van der Waals surface area contributed by atoms with Crippen LogP contribution in [0.15, 0.2) is 46.9 Å². The molecule has 0 spiro atoms. The summed E-state index contributed by atoms with van der Waals surface area (Å²) in [5, 5.41) is 0. The van der Waals surface area contributed by atoms with E-state index in [1.807, 2.05) is 0 Å². The molecule has 19 heavy (non-hydrogen) atoms. The molecule has 2 aromatic rings. The molecule has 0 N–H and O–H groups in total. The number of rotatable bonds is 4. The smallest absolute Gasteiger partial charge is 0.200 e.